The minimum Gasteiger partial charge on any atom is -0.294 e. The van der Waals surface area contributed by atoms with Crippen LogP contribution in [0.2, 0.25) is 0 Å². The molecular formula is C12H10O. The van der Waals surface area contributed by atoms with E-state index in [1.54, 1.807) is 0 Å². The summed E-state index contributed by atoms with van der Waals surface area (Å²) < 4.78 is 0. The first-order chi connectivity index (χ1) is 6.38. The van der Waals surface area contributed by atoms with Crippen LogP contribution in [0.25, 0.3) is 0 Å². The van der Waals surface area contributed by atoms with Crippen LogP contribution >= 0.6 is 0 Å². The average Bonchev–Trinajstić information content (AvgIpc) is 2.07. The van der Waals surface area contributed by atoms with E-state index in [0.29, 0.717) is 6.42 Å². The molecule has 2 aliphatic rings. The molecule has 0 radical (unpaired) electrons. The lowest BCUT2D eigenvalue weighted by atomic mass is 9.95. The Morgan fingerprint density at radius 2 is 1.69 bits per heavy atom. The molecule has 2 aliphatic carbocycles. The van der Waals surface area contributed by atoms with Crippen molar-refractivity contribution in [2.45, 2.75) is 6.42 Å². The first kappa shape index (κ1) is 7.99. The molecule has 0 unspecified atom stereocenters. The second-order valence-electron chi connectivity index (χ2n) is 3.00. The van der Waals surface area contributed by atoms with Crippen LogP contribution in [-0.4, -0.2) is 5.78 Å². The number of carbonyl (C=O) groups is 1. The number of rotatable bonds is 0. The van der Waals surface area contributed by atoms with Crippen molar-refractivity contribution < 1.29 is 4.79 Å². The first-order valence-electron chi connectivity index (χ1n) is 4.33. The van der Waals surface area contributed by atoms with Crippen molar-refractivity contribution in [1.29, 1.82) is 0 Å². The maximum Gasteiger partial charge on any atom is 0.167 e. The molecule has 0 bridgehead atoms. The molecule has 0 amide bonds. The number of hydrogen-bond acceptors (Lipinski definition) is 1. The molecule has 0 atom stereocenters. The molecule has 13 heavy (non-hydrogen) atoms. The van der Waals surface area contributed by atoms with Crippen LogP contribution in [0.1, 0.15) is 6.42 Å². The highest BCUT2D eigenvalue weighted by molar-refractivity contribution is 6.01. The van der Waals surface area contributed by atoms with Gasteiger partial charge in [-0.3, -0.25) is 4.79 Å². The minimum atomic E-state index is 0.203. The van der Waals surface area contributed by atoms with Crippen LogP contribution in [-0.2, 0) is 4.79 Å². The number of allylic oxidation sites excluding steroid dienone is 10. The first-order valence-corrected chi connectivity index (χ1v) is 4.33. The zero-order valence-electron chi connectivity index (χ0n) is 7.23. The third-order valence-corrected chi connectivity index (χ3v) is 2.08. The fraction of sp³-hybridized carbons (Fsp3) is 0.0833. The largest absolute Gasteiger partial charge is 0.294 e. The standard InChI is InChI=1S/C12H10O/c13-12-9-5-7-10-6-3-1-2-4-8-11(10)12/h1-8H,9H2/b2-1-,3-1?,4-2?,6-3-,8-4-,10-6?,11-8?. The van der Waals surface area contributed by atoms with Crippen molar-refractivity contribution in [2.75, 3.05) is 0 Å². The van der Waals surface area contributed by atoms with Crippen LogP contribution in [0.4, 0.5) is 0 Å². The van der Waals surface area contributed by atoms with Crippen molar-refractivity contribution in [1.82, 2.24) is 0 Å². The van der Waals surface area contributed by atoms with Gasteiger partial charge in [-0.15, -0.1) is 0 Å². The van der Waals surface area contributed by atoms with Gasteiger partial charge in [0.25, 0.3) is 0 Å². The lowest BCUT2D eigenvalue weighted by Gasteiger charge is -2.09. The van der Waals surface area contributed by atoms with Crippen molar-refractivity contribution in [3.05, 3.63) is 59.8 Å². The summed E-state index contributed by atoms with van der Waals surface area (Å²) in [5, 5.41) is 0. The van der Waals surface area contributed by atoms with Gasteiger partial charge < -0.3 is 0 Å². The van der Waals surface area contributed by atoms with Crippen LogP contribution in [0.15, 0.2) is 59.8 Å². The molecule has 2 rings (SSSR count). The van der Waals surface area contributed by atoms with E-state index < -0.39 is 0 Å². The van der Waals surface area contributed by atoms with Crippen LogP contribution in [0.5, 0.6) is 0 Å². The molecule has 0 saturated carbocycles. The summed E-state index contributed by atoms with van der Waals surface area (Å²) in [5.74, 6) is 0.203. The van der Waals surface area contributed by atoms with E-state index >= 15 is 0 Å². The van der Waals surface area contributed by atoms with Crippen molar-refractivity contribution in [2.24, 2.45) is 0 Å². The van der Waals surface area contributed by atoms with Crippen molar-refractivity contribution in [3.63, 3.8) is 0 Å². The van der Waals surface area contributed by atoms with Crippen molar-refractivity contribution in [3.8, 4) is 0 Å². The highest BCUT2D eigenvalue weighted by Crippen LogP contribution is 2.19. The van der Waals surface area contributed by atoms with Gasteiger partial charge in [-0.1, -0.05) is 48.6 Å². The molecule has 0 spiro atoms. The van der Waals surface area contributed by atoms with Crippen LogP contribution < -0.4 is 0 Å². The van der Waals surface area contributed by atoms with E-state index in [1.165, 1.54) is 0 Å². The summed E-state index contributed by atoms with van der Waals surface area (Å²) >= 11 is 0. The van der Waals surface area contributed by atoms with Gasteiger partial charge in [0.2, 0.25) is 0 Å². The van der Waals surface area contributed by atoms with Gasteiger partial charge >= 0.3 is 0 Å². The van der Waals surface area contributed by atoms with Gasteiger partial charge in [-0.25, -0.2) is 0 Å². The molecule has 0 saturated heterocycles. The lowest BCUT2D eigenvalue weighted by molar-refractivity contribution is -0.114. The molecule has 0 aromatic carbocycles. The summed E-state index contributed by atoms with van der Waals surface area (Å²) in [5.41, 5.74) is 1.83. The maximum atomic E-state index is 11.5. The molecule has 64 valence electrons. The zero-order valence-corrected chi connectivity index (χ0v) is 7.23. The number of Topliss-reactive ketones (excluding diaryl/α,β-unsaturated/α-hetero) is 1. The summed E-state index contributed by atoms with van der Waals surface area (Å²) in [7, 11) is 0. The van der Waals surface area contributed by atoms with E-state index in [2.05, 4.69) is 0 Å². The minimum absolute atomic E-state index is 0.203. The Morgan fingerprint density at radius 3 is 2.54 bits per heavy atom. The third-order valence-electron chi connectivity index (χ3n) is 2.08. The highest BCUT2D eigenvalue weighted by atomic mass is 16.1. The Morgan fingerprint density at radius 1 is 0.923 bits per heavy atom. The van der Waals surface area contributed by atoms with E-state index in [4.69, 9.17) is 0 Å². The molecule has 0 aliphatic heterocycles. The molecule has 0 N–H and O–H groups in total. The maximum absolute atomic E-state index is 11.5. The van der Waals surface area contributed by atoms with Crippen LogP contribution in [0.3, 0.4) is 0 Å². The van der Waals surface area contributed by atoms with Gasteiger partial charge in [0, 0.05) is 12.0 Å². The number of hydrogen-bond donors (Lipinski definition) is 0. The zero-order chi connectivity index (χ0) is 9.10. The quantitative estimate of drug-likeness (QED) is 0.546. The Labute approximate surface area is 77.5 Å². The monoisotopic (exact) mass is 170 g/mol. The highest BCUT2D eigenvalue weighted by Gasteiger charge is 2.12. The molecular weight excluding hydrogens is 160 g/mol. The molecule has 0 fully saturated rings. The van der Waals surface area contributed by atoms with Gasteiger partial charge in [0.05, 0.1) is 0 Å². The van der Waals surface area contributed by atoms with Gasteiger partial charge in [0.1, 0.15) is 0 Å². The Kier molecular flexibility index (Phi) is 2.09. The Balaban J connectivity index is 2.48. The smallest absolute Gasteiger partial charge is 0.167 e. The SMILES string of the molecule is O=C1CC=CC2=C1\C=C/C=C\C=C/2. The average molecular weight is 170 g/mol. The van der Waals surface area contributed by atoms with Crippen LogP contribution in [0, 0.1) is 0 Å². The van der Waals surface area contributed by atoms with Gasteiger partial charge in [0.15, 0.2) is 5.78 Å². The van der Waals surface area contributed by atoms with Gasteiger partial charge in [-0.2, -0.15) is 0 Å². The second kappa shape index (κ2) is 3.40. The summed E-state index contributed by atoms with van der Waals surface area (Å²) in [6.45, 7) is 0. The summed E-state index contributed by atoms with van der Waals surface area (Å²) in [4.78, 5) is 11.5. The number of carbonyl (C=O) groups excluding carboxylic acids is 1. The summed E-state index contributed by atoms with van der Waals surface area (Å²) in [6.07, 6.45) is 16.0. The predicted molar refractivity (Wildman–Crippen MR) is 53.2 cm³/mol. The molecule has 0 heterocycles. The Bertz CT molecular complexity index is 376. The Hall–Kier alpha value is -1.63. The molecule has 1 nitrogen and oxygen atoms in total. The fourth-order valence-corrected chi connectivity index (χ4v) is 1.43. The van der Waals surface area contributed by atoms with Crippen molar-refractivity contribution >= 4 is 5.78 Å². The predicted octanol–water partition coefficient (Wildman–Crippen LogP) is 2.49. The molecule has 0 aromatic rings. The molecule has 1 heteroatoms. The van der Waals surface area contributed by atoms with E-state index in [-0.39, 0.29) is 5.78 Å². The summed E-state index contributed by atoms with van der Waals surface area (Å²) in [6, 6.07) is 0. The lowest BCUT2D eigenvalue weighted by Crippen LogP contribution is -2.05. The topological polar surface area (TPSA) is 17.1 Å². The molecule has 0 aromatic heterocycles. The van der Waals surface area contributed by atoms with Gasteiger partial charge in [-0.05, 0) is 5.57 Å². The second-order valence-corrected chi connectivity index (χ2v) is 3.00. The van der Waals surface area contributed by atoms with E-state index in [0.717, 1.165) is 11.1 Å². The third kappa shape index (κ3) is 1.59. The number of ketones is 1. The van der Waals surface area contributed by atoms with E-state index in [1.807, 2.05) is 48.6 Å². The fourth-order valence-electron chi connectivity index (χ4n) is 1.43. The van der Waals surface area contributed by atoms with E-state index in [9.17, 15) is 4.79 Å². The normalized spacial score (nSPS) is 27.5.